The van der Waals surface area contributed by atoms with Crippen LogP contribution in [0.3, 0.4) is 0 Å². The molecule has 0 amide bonds. The highest BCUT2D eigenvalue weighted by Crippen LogP contribution is 2.32. The lowest BCUT2D eigenvalue weighted by Gasteiger charge is -2.33. The predicted molar refractivity (Wildman–Crippen MR) is 51.4 cm³/mol. The van der Waals surface area contributed by atoms with Gasteiger partial charge in [0.1, 0.15) is 0 Å². The summed E-state index contributed by atoms with van der Waals surface area (Å²) in [6, 6.07) is 0. The van der Waals surface area contributed by atoms with Crippen molar-refractivity contribution in [1.82, 2.24) is 0 Å². The van der Waals surface area contributed by atoms with Crippen molar-refractivity contribution in [3.63, 3.8) is 0 Å². The molecule has 0 saturated heterocycles. The molecule has 0 unspecified atom stereocenters. The first-order valence-corrected chi connectivity index (χ1v) is 4.84. The molecule has 0 aromatic carbocycles. The number of nitrogens with two attached hydrogens (primary N) is 3. The SMILES string of the molecule is CCC(N)(N)CC1(N)CCCC1. The second kappa shape index (κ2) is 3.32. The minimum Gasteiger partial charge on any atom is -0.325 e. The van der Waals surface area contributed by atoms with E-state index in [0.717, 1.165) is 25.7 Å². The zero-order valence-electron chi connectivity index (χ0n) is 7.97. The minimum atomic E-state index is -0.556. The van der Waals surface area contributed by atoms with Gasteiger partial charge in [0.2, 0.25) is 0 Å². The number of hydrogen-bond acceptors (Lipinski definition) is 3. The van der Waals surface area contributed by atoms with Crippen molar-refractivity contribution in [3.8, 4) is 0 Å². The maximum absolute atomic E-state index is 6.16. The Kier molecular flexibility index (Phi) is 2.76. The smallest absolute Gasteiger partial charge is 0.0651 e. The van der Waals surface area contributed by atoms with Crippen LogP contribution in [0.5, 0.6) is 0 Å². The number of hydrogen-bond donors (Lipinski definition) is 3. The van der Waals surface area contributed by atoms with E-state index in [1.165, 1.54) is 12.8 Å². The van der Waals surface area contributed by atoms with E-state index in [9.17, 15) is 0 Å². The monoisotopic (exact) mass is 171 g/mol. The summed E-state index contributed by atoms with van der Waals surface area (Å²) in [5.74, 6) is 0. The summed E-state index contributed by atoms with van der Waals surface area (Å²) in [5, 5.41) is 0. The van der Waals surface area contributed by atoms with Gasteiger partial charge in [0, 0.05) is 5.54 Å². The average Bonchev–Trinajstić information content (AvgIpc) is 2.35. The summed E-state index contributed by atoms with van der Waals surface area (Å²) >= 11 is 0. The summed E-state index contributed by atoms with van der Waals surface area (Å²) in [5.41, 5.74) is 17.3. The first-order chi connectivity index (χ1) is 5.47. The second-order valence-corrected chi connectivity index (χ2v) is 4.33. The van der Waals surface area contributed by atoms with Crippen molar-refractivity contribution in [2.45, 2.75) is 56.7 Å². The molecule has 1 fully saturated rings. The van der Waals surface area contributed by atoms with Crippen LogP contribution in [0.2, 0.25) is 0 Å². The van der Waals surface area contributed by atoms with Crippen molar-refractivity contribution >= 4 is 0 Å². The highest BCUT2D eigenvalue weighted by atomic mass is 15.0. The van der Waals surface area contributed by atoms with E-state index in [1.807, 2.05) is 6.92 Å². The fourth-order valence-corrected chi connectivity index (χ4v) is 2.04. The van der Waals surface area contributed by atoms with Gasteiger partial charge in [0.15, 0.2) is 0 Å². The Morgan fingerprint density at radius 1 is 1.25 bits per heavy atom. The van der Waals surface area contributed by atoms with Gasteiger partial charge >= 0.3 is 0 Å². The third-order valence-corrected chi connectivity index (χ3v) is 2.94. The molecule has 12 heavy (non-hydrogen) atoms. The van der Waals surface area contributed by atoms with Gasteiger partial charge in [0.05, 0.1) is 5.66 Å². The Morgan fingerprint density at radius 2 is 1.75 bits per heavy atom. The van der Waals surface area contributed by atoms with Crippen LogP contribution in [0.25, 0.3) is 0 Å². The molecule has 72 valence electrons. The van der Waals surface area contributed by atoms with Gasteiger partial charge < -0.3 is 17.2 Å². The fraction of sp³-hybridized carbons (Fsp3) is 1.00. The lowest BCUT2D eigenvalue weighted by molar-refractivity contribution is 0.277. The topological polar surface area (TPSA) is 78.1 Å². The zero-order chi connectivity index (χ0) is 9.24. The molecule has 0 bridgehead atoms. The molecule has 0 aromatic heterocycles. The van der Waals surface area contributed by atoms with Gasteiger partial charge in [-0.1, -0.05) is 19.8 Å². The Labute approximate surface area is 74.7 Å². The molecule has 1 aliphatic rings. The van der Waals surface area contributed by atoms with Crippen LogP contribution >= 0.6 is 0 Å². The largest absolute Gasteiger partial charge is 0.325 e. The van der Waals surface area contributed by atoms with Crippen molar-refractivity contribution in [3.05, 3.63) is 0 Å². The summed E-state index contributed by atoms with van der Waals surface area (Å²) in [7, 11) is 0. The Bertz CT molecular complexity index is 148. The van der Waals surface area contributed by atoms with E-state index in [-0.39, 0.29) is 5.54 Å². The van der Waals surface area contributed by atoms with Gasteiger partial charge in [-0.3, -0.25) is 0 Å². The normalized spacial score (nSPS) is 23.0. The second-order valence-electron chi connectivity index (χ2n) is 4.33. The highest BCUT2D eigenvalue weighted by Gasteiger charge is 2.35. The van der Waals surface area contributed by atoms with E-state index in [1.54, 1.807) is 0 Å². The van der Waals surface area contributed by atoms with Crippen LogP contribution in [-0.4, -0.2) is 11.2 Å². The van der Waals surface area contributed by atoms with Gasteiger partial charge in [-0.05, 0) is 25.7 Å². The molecule has 3 heteroatoms. The molecule has 0 spiro atoms. The fourth-order valence-electron chi connectivity index (χ4n) is 2.04. The summed E-state index contributed by atoms with van der Waals surface area (Å²) in [4.78, 5) is 0. The molecule has 1 saturated carbocycles. The average molecular weight is 171 g/mol. The van der Waals surface area contributed by atoms with Crippen LogP contribution in [0.1, 0.15) is 45.4 Å². The molecule has 0 aromatic rings. The molecule has 1 rings (SSSR count). The van der Waals surface area contributed by atoms with Gasteiger partial charge in [-0.2, -0.15) is 0 Å². The lowest BCUT2D eigenvalue weighted by atomic mass is 9.86. The van der Waals surface area contributed by atoms with E-state index in [4.69, 9.17) is 17.2 Å². The first-order valence-electron chi connectivity index (χ1n) is 4.84. The van der Waals surface area contributed by atoms with Crippen LogP contribution in [-0.2, 0) is 0 Å². The third kappa shape index (κ3) is 2.44. The molecule has 6 N–H and O–H groups in total. The van der Waals surface area contributed by atoms with Crippen LogP contribution in [0.15, 0.2) is 0 Å². The van der Waals surface area contributed by atoms with Gasteiger partial charge in [-0.25, -0.2) is 0 Å². The van der Waals surface area contributed by atoms with Crippen LogP contribution in [0, 0.1) is 0 Å². The van der Waals surface area contributed by atoms with Crippen molar-refractivity contribution in [1.29, 1.82) is 0 Å². The highest BCUT2D eigenvalue weighted by molar-refractivity contribution is 4.95. The minimum absolute atomic E-state index is 0.0699. The molecule has 3 nitrogen and oxygen atoms in total. The number of rotatable bonds is 3. The summed E-state index contributed by atoms with van der Waals surface area (Å²) in [6.07, 6.45) is 6.20. The molecule has 0 aliphatic heterocycles. The van der Waals surface area contributed by atoms with Gasteiger partial charge in [0.25, 0.3) is 0 Å². The molecule has 0 atom stereocenters. The van der Waals surface area contributed by atoms with E-state index < -0.39 is 5.66 Å². The predicted octanol–water partition coefficient (Wildman–Crippen LogP) is 0.672. The molecular formula is C9H21N3. The summed E-state index contributed by atoms with van der Waals surface area (Å²) in [6.45, 7) is 2.01. The standard InChI is InChI=1S/C9H21N3/c1-2-9(11,12)7-8(10)5-3-4-6-8/h2-7,10-12H2,1H3. The van der Waals surface area contributed by atoms with Crippen molar-refractivity contribution in [2.75, 3.05) is 0 Å². The Balaban J connectivity index is 2.48. The summed E-state index contributed by atoms with van der Waals surface area (Å²) < 4.78 is 0. The lowest BCUT2D eigenvalue weighted by Crippen LogP contribution is -2.56. The van der Waals surface area contributed by atoms with Crippen LogP contribution in [0.4, 0.5) is 0 Å². The van der Waals surface area contributed by atoms with E-state index in [0.29, 0.717) is 0 Å². The molecule has 0 radical (unpaired) electrons. The third-order valence-electron chi connectivity index (χ3n) is 2.94. The maximum atomic E-state index is 6.16. The molecule has 0 heterocycles. The molecular weight excluding hydrogens is 150 g/mol. The van der Waals surface area contributed by atoms with Crippen molar-refractivity contribution < 1.29 is 0 Å². The quantitative estimate of drug-likeness (QED) is 0.546. The Morgan fingerprint density at radius 3 is 2.17 bits per heavy atom. The van der Waals surface area contributed by atoms with Crippen LogP contribution < -0.4 is 17.2 Å². The van der Waals surface area contributed by atoms with Gasteiger partial charge in [-0.15, -0.1) is 0 Å². The van der Waals surface area contributed by atoms with Crippen molar-refractivity contribution in [2.24, 2.45) is 17.2 Å². The van der Waals surface area contributed by atoms with E-state index >= 15 is 0 Å². The van der Waals surface area contributed by atoms with E-state index in [2.05, 4.69) is 0 Å². The Hall–Kier alpha value is -0.120. The zero-order valence-corrected chi connectivity index (χ0v) is 7.97. The maximum Gasteiger partial charge on any atom is 0.0651 e. The first kappa shape index (κ1) is 9.96. The molecule has 1 aliphatic carbocycles.